The second-order valence-electron chi connectivity index (χ2n) is 4.55. The van der Waals surface area contributed by atoms with Crippen LogP contribution in [0, 0.1) is 0 Å². The molecule has 2 atom stereocenters. The van der Waals surface area contributed by atoms with Gasteiger partial charge in [0.25, 0.3) is 0 Å². The van der Waals surface area contributed by atoms with Gasteiger partial charge in [0.15, 0.2) is 0 Å². The van der Waals surface area contributed by atoms with E-state index in [1.54, 1.807) is 4.68 Å². The molecule has 6 nitrogen and oxygen atoms in total. The third-order valence-corrected chi connectivity index (χ3v) is 3.20. The van der Waals surface area contributed by atoms with Crippen molar-refractivity contribution in [1.82, 2.24) is 19.9 Å². The zero-order valence-electron chi connectivity index (χ0n) is 10.5. The summed E-state index contributed by atoms with van der Waals surface area (Å²) in [5, 5.41) is 7.96. The maximum absolute atomic E-state index is 6.18. The number of likely N-dealkylation sites (N-methyl/N-ethyl adjacent to an activating group) is 1. The summed E-state index contributed by atoms with van der Waals surface area (Å²) >= 11 is 0. The van der Waals surface area contributed by atoms with Crippen LogP contribution in [0.1, 0.15) is 12.6 Å². The Morgan fingerprint density at radius 3 is 3.12 bits per heavy atom. The molecule has 0 spiro atoms. The molecule has 1 fully saturated rings. The van der Waals surface area contributed by atoms with Gasteiger partial charge in [0.05, 0.1) is 18.4 Å². The lowest BCUT2D eigenvalue weighted by Gasteiger charge is -2.34. The average Bonchev–Trinajstić information content (AvgIpc) is 2.75. The van der Waals surface area contributed by atoms with E-state index in [1.165, 1.54) is 0 Å². The number of ether oxygens (including phenoxy) is 1. The van der Waals surface area contributed by atoms with Crippen molar-refractivity contribution in [1.29, 1.82) is 0 Å². The van der Waals surface area contributed by atoms with Crippen LogP contribution in [0.15, 0.2) is 6.20 Å². The van der Waals surface area contributed by atoms with E-state index in [0.29, 0.717) is 0 Å². The Labute approximate surface area is 102 Å². The molecule has 1 aromatic heterocycles. The van der Waals surface area contributed by atoms with Crippen molar-refractivity contribution in [2.45, 2.75) is 25.5 Å². The Hall–Kier alpha value is -0.980. The zero-order valence-corrected chi connectivity index (χ0v) is 10.5. The number of aryl methyl sites for hydroxylation is 1. The lowest BCUT2D eigenvalue weighted by atomic mass is 10.1. The van der Waals surface area contributed by atoms with Gasteiger partial charge in [-0.05, 0) is 6.54 Å². The Balaban J connectivity index is 1.88. The van der Waals surface area contributed by atoms with E-state index in [-0.39, 0.29) is 12.1 Å². The number of hydrogen-bond acceptors (Lipinski definition) is 5. The third-order valence-electron chi connectivity index (χ3n) is 3.20. The number of hydrogen-bond donors (Lipinski definition) is 1. The van der Waals surface area contributed by atoms with Crippen molar-refractivity contribution in [2.75, 3.05) is 26.2 Å². The van der Waals surface area contributed by atoms with Crippen LogP contribution in [0.4, 0.5) is 0 Å². The molecule has 0 saturated carbocycles. The van der Waals surface area contributed by atoms with Crippen molar-refractivity contribution in [3.63, 3.8) is 0 Å². The number of morpholine rings is 1. The molecule has 1 aliphatic rings. The predicted molar refractivity (Wildman–Crippen MR) is 64.5 cm³/mol. The summed E-state index contributed by atoms with van der Waals surface area (Å²) < 4.78 is 7.43. The molecule has 0 aliphatic carbocycles. The highest BCUT2D eigenvalue weighted by Gasteiger charge is 2.25. The van der Waals surface area contributed by atoms with Gasteiger partial charge in [0.1, 0.15) is 0 Å². The van der Waals surface area contributed by atoms with Crippen molar-refractivity contribution in [3.05, 3.63) is 11.9 Å². The molecule has 0 aromatic carbocycles. The quantitative estimate of drug-likeness (QED) is 0.760. The van der Waals surface area contributed by atoms with Crippen molar-refractivity contribution >= 4 is 0 Å². The summed E-state index contributed by atoms with van der Waals surface area (Å²) in [7, 11) is 1.86. The summed E-state index contributed by atoms with van der Waals surface area (Å²) in [6.45, 7) is 5.91. The van der Waals surface area contributed by atoms with Crippen molar-refractivity contribution in [2.24, 2.45) is 12.8 Å². The molecular weight excluding hydrogens is 218 g/mol. The Bertz CT molecular complexity index is 353. The molecule has 2 rings (SSSR count). The van der Waals surface area contributed by atoms with E-state index in [9.17, 15) is 0 Å². The molecule has 2 unspecified atom stereocenters. The van der Waals surface area contributed by atoms with Gasteiger partial charge in [-0.3, -0.25) is 9.58 Å². The van der Waals surface area contributed by atoms with Crippen LogP contribution in [0.3, 0.4) is 0 Å². The van der Waals surface area contributed by atoms with Crippen LogP contribution in [-0.4, -0.2) is 58.3 Å². The molecule has 6 heteroatoms. The van der Waals surface area contributed by atoms with Crippen LogP contribution in [0.25, 0.3) is 0 Å². The molecule has 1 aromatic rings. The lowest BCUT2D eigenvalue weighted by molar-refractivity contribution is -0.0386. The van der Waals surface area contributed by atoms with E-state index in [4.69, 9.17) is 10.5 Å². The maximum atomic E-state index is 6.18. The van der Waals surface area contributed by atoms with Crippen LogP contribution in [0.2, 0.25) is 0 Å². The fraction of sp³-hybridized carbons (Fsp3) is 0.818. The van der Waals surface area contributed by atoms with E-state index in [1.807, 2.05) is 13.2 Å². The molecule has 17 heavy (non-hydrogen) atoms. The highest BCUT2D eigenvalue weighted by Crippen LogP contribution is 2.10. The largest absolute Gasteiger partial charge is 0.374 e. The van der Waals surface area contributed by atoms with Crippen LogP contribution in [-0.2, 0) is 18.2 Å². The second kappa shape index (κ2) is 5.57. The smallest absolute Gasteiger partial charge is 0.0857 e. The van der Waals surface area contributed by atoms with Gasteiger partial charge >= 0.3 is 0 Å². The first-order valence-corrected chi connectivity index (χ1v) is 6.13. The first kappa shape index (κ1) is 12.5. The van der Waals surface area contributed by atoms with Gasteiger partial charge < -0.3 is 10.5 Å². The number of nitrogens with zero attached hydrogens (tertiary/aromatic N) is 4. The van der Waals surface area contributed by atoms with Crippen LogP contribution >= 0.6 is 0 Å². The van der Waals surface area contributed by atoms with Gasteiger partial charge in [0.2, 0.25) is 0 Å². The standard InChI is InChI=1S/C11H21N5O/c1-3-16-4-5-17-11(8-16)10(12)6-9-7-15(2)14-13-9/h7,10-11H,3-6,8,12H2,1-2H3. The maximum Gasteiger partial charge on any atom is 0.0857 e. The van der Waals surface area contributed by atoms with E-state index in [2.05, 4.69) is 22.1 Å². The molecule has 0 bridgehead atoms. The second-order valence-corrected chi connectivity index (χ2v) is 4.55. The molecule has 96 valence electrons. The minimum atomic E-state index is -0.0129. The summed E-state index contributed by atoms with van der Waals surface area (Å²) in [5.41, 5.74) is 7.11. The van der Waals surface area contributed by atoms with Gasteiger partial charge in [0, 0.05) is 38.8 Å². The zero-order chi connectivity index (χ0) is 12.3. The number of nitrogens with two attached hydrogens (primary N) is 1. The lowest BCUT2D eigenvalue weighted by Crippen LogP contribution is -2.51. The fourth-order valence-corrected chi connectivity index (χ4v) is 2.14. The first-order chi connectivity index (χ1) is 8.19. The summed E-state index contributed by atoms with van der Waals surface area (Å²) in [6, 6.07) is -0.0129. The summed E-state index contributed by atoms with van der Waals surface area (Å²) in [5.74, 6) is 0. The Kier molecular flexibility index (Phi) is 4.09. The number of aromatic nitrogens is 3. The molecule has 0 amide bonds. The van der Waals surface area contributed by atoms with E-state index >= 15 is 0 Å². The number of rotatable bonds is 4. The Morgan fingerprint density at radius 2 is 2.47 bits per heavy atom. The van der Waals surface area contributed by atoms with Crippen LogP contribution < -0.4 is 5.73 Å². The topological polar surface area (TPSA) is 69.2 Å². The molecule has 0 radical (unpaired) electrons. The van der Waals surface area contributed by atoms with Gasteiger partial charge in [-0.15, -0.1) is 5.10 Å². The van der Waals surface area contributed by atoms with Crippen molar-refractivity contribution in [3.8, 4) is 0 Å². The minimum absolute atomic E-state index is 0.0129. The molecule has 2 heterocycles. The average molecular weight is 239 g/mol. The van der Waals surface area contributed by atoms with Gasteiger partial charge in [-0.2, -0.15) is 0 Å². The summed E-state index contributed by atoms with van der Waals surface area (Å²) in [4.78, 5) is 2.37. The molecule has 2 N–H and O–H groups in total. The molecular formula is C11H21N5O. The van der Waals surface area contributed by atoms with Crippen molar-refractivity contribution < 1.29 is 4.74 Å². The monoisotopic (exact) mass is 239 g/mol. The Morgan fingerprint density at radius 1 is 1.65 bits per heavy atom. The normalized spacial score (nSPS) is 23.8. The van der Waals surface area contributed by atoms with Gasteiger partial charge in [-0.25, -0.2) is 0 Å². The highest BCUT2D eigenvalue weighted by molar-refractivity contribution is 4.97. The van der Waals surface area contributed by atoms with Crippen LogP contribution in [0.5, 0.6) is 0 Å². The molecule has 1 aliphatic heterocycles. The highest BCUT2D eigenvalue weighted by atomic mass is 16.5. The first-order valence-electron chi connectivity index (χ1n) is 6.13. The fourth-order valence-electron chi connectivity index (χ4n) is 2.14. The minimum Gasteiger partial charge on any atom is -0.374 e. The summed E-state index contributed by atoms with van der Waals surface area (Å²) in [6.07, 6.45) is 2.72. The predicted octanol–water partition coefficient (Wildman–Crippen LogP) is -0.594. The van der Waals surface area contributed by atoms with Gasteiger partial charge in [-0.1, -0.05) is 12.1 Å². The SMILES string of the molecule is CCN1CCOC(C(N)Cc2cn(C)nn2)C1. The molecule has 1 saturated heterocycles. The van der Waals surface area contributed by atoms with E-state index in [0.717, 1.165) is 38.4 Å². The van der Waals surface area contributed by atoms with E-state index < -0.39 is 0 Å². The third kappa shape index (κ3) is 3.24.